The van der Waals surface area contributed by atoms with E-state index in [9.17, 15) is 4.79 Å². The van der Waals surface area contributed by atoms with Crippen molar-refractivity contribution in [3.05, 3.63) is 21.4 Å². The molecule has 0 radical (unpaired) electrons. The molecular formula is C10H13N5O2S. The van der Waals surface area contributed by atoms with Gasteiger partial charge in [0.1, 0.15) is 5.01 Å². The summed E-state index contributed by atoms with van der Waals surface area (Å²) in [6.07, 6.45) is 0. The SMILES string of the molecule is CCOC(=O)c1nnnn1Cc1nc(C)c(C)s1. The molecular weight excluding hydrogens is 254 g/mol. The van der Waals surface area contributed by atoms with Gasteiger partial charge in [0.25, 0.3) is 5.82 Å². The van der Waals surface area contributed by atoms with Gasteiger partial charge in [0.15, 0.2) is 0 Å². The second-order valence-corrected chi connectivity index (χ2v) is 4.92. The highest BCUT2D eigenvalue weighted by Crippen LogP contribution is 2.17. The number of rotatable bonds is 4. The van der Waals surface area contributed by atoms with E-state index in [1.54, 1.807) is 18.3 Å². The van der Waals surface area contributed by atoms with Gasteiger partial charge < -0.3 is 4.74 Å². The predicted molar refractivity (Wildman–Crippen MR) is 64.5 cm³/mol. The summed E-state index contributed by atoms with van der Waals surface area (Å²) in [5, 5.41) is 11.8. The van der Waals surface area contributed by atoms with Gasteiger partial charge in [-0.1, -0.05) is 0 Å². The summed E-state index contributed by atoms with van der Waals surface area (Å²) < 4.78 is 6.27. The third-order valence-corrected chi connectivity index (χ3v) is 3.41. The number of esters is 1. The van der Waals surface area contributed by atoms with E-state index in [-0.39, 0.29) is 5.82 Å². The molecule has 8 heteroatoms. The van der Waals surface area contributed by atoms with Crippen molar-refractivity contribution in [2.75, 3.05) is 6.61 Å². The minimum absolute atomic E-state index is 0.0994. The smallest absolute Gasteiger partial charge is 0.378 e. The molecule has 18 heavy (non-hydrogen) atoms. The van der Waals surface area contributed by atoms with Crippen LogP contribution in [-0.4, -0.2) is 37.8 Å². The molecule has 2 aromatic heterocycles. The highest BCUT2D eigenvalue weighted by atomic mass is 32.1. The number of tetrazole rings is 1. The van der Waals surface area contributed by atoms with Crippen molar-refractivity contribution in [1.29, 1.82) is 0 Å². The number of carbonyl (C=O) groups excluding carboxylic acids is 1. The van der Waals surface area contributed by atoms with Gasteiger partial charge in [0, 0.05) is 4.88 Å². The molecule has 0 aliphatic rings. The van der Waals surface area contributed by atoms with E-state index in [1.165, 1.54) is 4.68 Å². The van der Waals surface area contributed by atoms with Gasteiger partial charge in [0.2, 0.25) is 0 Å². The first-order valence-electron chi connectivity index (χ1n) is 5.48. The molecule has 0 saturated carbocycles. The standard InChI is InChI=1S/C10H13N5O2S/c1-4-17-10(16)9-12-13-14-15(9)5-8-11-6(2)7(3)18-8/h4-5H2,1-3H3. The van der Waals surface area contributed by atoms with Crippen molar-refractivity contribution in [3.63, 3.8) is 0 Å². The number of aryl methyl sites for hydroxylation is 2. The highest BCUT2D eigenvalue weighted by molar-refractivity contribution is 7.11. The summed E-state index contributed by atoms with van der Waals surface area (Å²) in [5.41, 5.74) is 0.987. The zero-order valence-corrected chi connectivity index (χ0v) is 11.2. The van der Waals surface area contributed by atoms with Crippen LogP contribution in [0.15, 0.2) is 0 Å². The average Bonchev–Trinajstić information content (AvgIpc) is 2.88. The van der Waals surface area contributed by atoms with Crippen LogP contribution in [0.3, 0.4) is 0 Å². The molecule has 0 bridgehead atoms. The summed E-state index contributed by atoms with van der Waals surface area (Å²) in [5.74, 6) is -0.421. The fraction of sp³-hybridized carbons (Fsp3) is 0.500. The molecule has 0 atom stereocenters. The molecule has 2 rings (SSSR count). The second kappa shape index (κ2) is 5.21. The Morgan fingerprint density at radius 1 is 1.44 bits per heavy atom. The van der Waals surface area contributed by atoms with Gasteiger partial charge in [-0.2, -0.15) is 0 Å². The van der Waals surface area contributed by atoms with Crippen molar-refractivity contribution in [1.82, 2.24) is 25.2 Å². The van der Waals surface area contributed by atoms with Crippen LogP contribution in [-0.2, 0) is 11.3 Å². The molecule has 2 aromatic rings. The van der Waals surface area contributed by atoms with Crippen molar-refractivity contribution in [2.45, 2.75) is 27.3 Å². The Hall–Kier alpha value is -1.83. The molecule has 0 aromatic carbocycles. The monoisotopic (exact) mass is 267 g/mol. The van der Waals surface area contributed by atoms with Crippen molar-refractivity contribution >= 4 is 17.3 Å². The molecule has 0 aliphatic heterocycles. The van der Waals surface area contributed by atoms with E-state index >= 15 is 0 Å². The molecule has 0 unspecified atom stereocenters. The normalized spacial score (nSPS) is 10.6. The summed E-state index contributed by atoms with van der Waals surface area (Å²) in [7, 11) is 0. The van der Waals surface area contributed by atoms with Crippen molar-refractivity contribution in [3.8, 4) is 0 Å². The number of nitrogens with zero attached hydrogens (tertiary/aromatic N) is 5. The zero-order valence-electron chi connectivity index (χ0n) is 10.4. The molecule has 0 spiro atoms. The lowest BCUT2D eigenvalue weighted by atomic mass is 10.4. The van der Waals surface area contributed by atoms with Gasteiger partial charge in [-0.05, 0) is 31.2 Å². The van der Waals surface area contributed by atoms with E-state index < -0.39 is 5.97 Å². The molecule has 0 fully saturated rings. The molecule has 0 N–H and O–H groups in total. The lowest BCUT2D eigenvalue weighted by Crippen LogP contribution is -2.15. The van der Waals surface area contributed by atoms with Crippen LogP contribution in [0, 0.1) is 13.8 Å². The van der Waals surface area contributed by atoms with E-state index in [1.807, 2.05) is 13.8 Å². The largest absolute Gasteiger partial charge is 0.460 e. The minimum Gasteiger partial charge on any atom is -0.460 e. The average molecular weight is 267 g/mol. The maximum atomic E-state index is 11.6. The number of ether oxygens (including phenoxy) is 1. The fourth-order valence-corrected chi connectivity index (χ4v) is 2.30. The summed E-state index contributed by atoms with van der Waals surface area (Å²) in [6, 6.07) is 0. The van der Waals surface area contributed by atoms with E-state index in [0.717, 1.165) is 15.6 Å². The summed E-state index contributed by atoms with van der Waals surface area (Å²) in [6.45, 7) is 6.35. The molecule has 2 heterocycles. The quantitative estimate of drug-likeness (QED) is 0.768. The number of hydrogen-bond acceptors (Lipinski definition) is 7. The molecule has 96 valence electrons. The molecule has 7 nitrogen and oxygen atoms in total. The number of thiazole rings is 1. The van der Waals surface area contributed by atoms with Crippen LogP contribution in [0.5, 0.6) is 0 Å². The van der Waals surface area contributed by atoms with Gasteiger partial charge in [0.05, 0.1) is 18.8 Å². The number of carbonyl (C=O) groups is 1. The predicted octanol–water partition coefficient (Wildman–Crippen LogP) is 0.971. The maximum absolute atomic E-state index is 11.6. The third kappa shape index (κ3) is 2.53. The van der Waals surface area contributed by atoms with Crippen molar-refractivity contribution < 1.29 is 9.53 Å². The lowest BCUT2D eigenvalue weighted by molar-refractivity contribution is 0.0505. The van der Waals surface area contributed by atoms with Gasteiger partial charge in [-0.3, -0.25) is 0 Å². The van der Waals surface area contributed by atoms with Crippen LogP contribution < -0.4 is 0 Å². The zero-order chi connectivity index (χ0) is 13.1. The Morgan fingerprint density at radius 3 is 2.83 bits per heavy atom. The Kier molecular flexibility index (Phi) is 3.66. The minimum atomic E-state index is -0.521. The number of hydrogen-bond donors (Lipinski definition) is 0. The third-order valence-electron chi connectivity index (χ3n) is 2.35. The first-order valence-corrected chi connectivity index (χ1v) is 6.29. The first kappa shape index (κ1) is 12.6. The van der Waals surface area contributed by atoms with Crippen LogP contribution in [0.1, 0.15) is 33.1 Å². The topological polar surface area (TPSA) is 82.8 Å². The van der Waals surface area contributed by atoms with E-state index in [0.29, 0.717) is 13.2 Å². The van der Waals surface area contributed by atoms with Crippen LogP contribution in [0.2, 0.25) is 0 Å². The van der Waals surface area contributed by atoms with E-state index in [2.05, 4.69) is 20.5 Å². The van der Waals surface area contributed by atoms with Crippen LogP contribution in [0.4, 0.5) is 0 Å². The molecule has 0 amide bonds. The van der Waals surface area contributed by atoms with Crippen LogP contribution >= 0.6 is 11.3 Å². The molecule has 0 saturated heterocycles. The Bertz CT molecular complexity index is 543. The number of aromatic nitrogens is 5. The Labute approximate surface area is 108 Å². The fourth-order valence-electron chi connectivity index (χ4n) is 1.39. The van der Waals surface area contributed by atoms with Crippen LogP contribution in [0.25, 0.3) is 0 Å². The first-order chi connectivity index (χ1) is 8.61. The molecule has 0 aliphatic carbocycles. The lowest BCUT2D eigenvalue weighted by Gasteiger charge is -2.01. The van der Waals surface area contributed by atoms with Gasteiger partial charge in [-0.15, -0.1) is 16.4 Å². The van der Waals surface area contributed by atoms with Gasteiger partial charge in [-0.25, -0.2) is 14.5 Å². The highest BCUT2D eigenvalue weighted by Gasteiger charge is 2.17. The maximum Gasteiger partial charge on any atom is 0.378 e. The van der Waals surface area contributed by atoms with E-state index in [4.69, 9.17) is 4.74 Å². The summed E-state index contributed by atoms with van der Waals surface area (Å²) in [4.78, 5) is 17.1. The Morgan fingerprint density at radius 2 is 2.22 bits per heavy atom. The van der Waals surface area contributed by atoms with Gasteiger partial charge >= 0.3 is 5.97 Å². The second-order valence-electron chi connectivity index (χ2n) is 3.63. The van der Waals surface area contributed by atoms with Crippen molar-refractivity contribution in [2.24, 2.45) is 0 Å². The Balaban J connectivity index is 2.19. The summed E-state index contributed by atoms with van der Waals surface area (Å²) >= 11 is 1.57.